The summed E-state index contributed by atoms with van der Waals surface area (Å²) in [4.78, 5) is 34.5. The molecule has 3 N–H and O–H groups in total. The summed E-state index contributed by atoms with van der Waals surface area (Å²) in [5, 5.41) is 3.03. The zero-order chi connectivity index (χ0) is 23.3. The number of pyridine rings is 1. The molecule has 3 aliphatic rings. The first-order valence-corrected chi connectivity index (χ1v) is 10.8. The van der Waals surface area contributed by atoms with Crippen LogP contribution in [0.3, 0.4) is 0 Å². The van der Waals surface area contributed by atoms with E-state index in [0.717, 1.165) is 11.3 Å². The Hall–Kier alpha value is -3.15. The number of hydrogen-bond donors (Lipinski definition) is 2. The number of rotatable bonds is 6. The number of anilines is 3. The van der Waals surface area contributed by atoms with Gasteiger partial charge in [-0.05, 0) is 36.8 Å². The maximum Gasteiger partial charge on any atom is 0.408 e. The molecule has 2 aromatic rings. The van der Waals surface area contributed by atoms with E-state index in [1.807, 2.05) is 0 Å². The van der Waals surface area contributed by atoms with Crippen LogP contribution in [0.4, 0.5) is 30.8 Å². The molecule has 0 radical (unpaired) electrons. The van der Waals surface area contributed by atoms with E-state index in [2.05, 4.69) is 15.3 Å². The monoisotopic (exact) mass is 464 g/mol. The molecule has 2 aromatic heterocycles. The molecule has 176 valence electrons. The number of ether oxygens (including phenoxy) is 1. The summed E-state index contributed by atoms with van der Waals surface area (Å²) >= 11 is 0. The highest BCUT2D eigenvalue weighted by Crippen LogP contribution is 2.48. The van der Waals surface area contributed by atoms with Gasteiger partial charge >= 0.3 is 6.18 Å². The van der Waals surface area contributed by atoms with Crippen molar-refractivity contribution in [3.63, 3.8) is 0 Å². The number of Topliss-reactive ketones (excluding diaryl/α,β-unsaturated/α-hetero) is 1. The van der Waals surface area contributed by atoms with Crippen molar-refractivity contribution in [1.82, 2.24) is 14.5 Å². The molecule has 0 aromatic carbocycles. The number of hydrogen-bond acceptors (Lipinski definition) is 8. The smallest absolute Gasteiger partial charge is 0.384 e. The van der Waals surface area contributed by atoms with Gasteiger partial charge in [0, 0.05) is 30.9 Å². The third-order valence-corrected chi connectivity index (χ3v) is 6.51. The van der Waals surface area contributed by atoms with E-state index in [1.54, 1.807) is 0 Å². The average Bonchev–Trinajstić information content (AvgIpc) is 3.44. The highest BCUT2D eigenvalue weighted by atomic mass is 19.4. The minimum atomic E-state index is -4.61. The molecule has 1 aliphatic carbocycles. The number of alkyl halides is 3. The summed E-state index contributed by atoms with van der Waals surface area (Å²) in [6.45, 7) is 0.368. The van der Waals surface area contributed by atoms with E-state index < -0.39 is 30.1 Å². The van der Waals surface area contributed by atoms with Crippen LogP contribution >= 0.6 is 0 Å². The van der Waals surface area contributed by atoms with Crippen LogP contribution in [0, 0.1) is 11.8 Å². The Balaban J connectivity index is 1.43. The van der Waals surface area contributed by atoms with Crippen molar-refractivity contribution in [1.29, 1.82) is 0 Å². The van der Waals surface area contributed by atoms with Crippen LogP contribution < -0.4 is 21.5 Å². The molecule has 0 spiro atoms. The number of carbonyl (C=O) groups excluding carboxylic acids is 1. The van der Waals surface area contributed by atoms with Gasteiger partial charge in [0.2, 0.25) is 5.95 Å². The van der Waals surface area contributed by atoms with Crippen molar-refractivity contribution in [3.05, 3.63) is 40.3 Å². The minimum Gasteiger partial charge on any atom is -0.384 e. The number of halogens is 3. The van der Waals surface area contributed by atoms with Gasteiger partial charge in [-0.1, -0.05) is 0 Å². The lowest BCUT2D eigenvalue weighted by Crippen LogP contribution is -2.54. The highest BCUT2D eigenvalue weighted by Gasteiger charge is 2.49. The second-order valence-corrected chi connectivity index (χ2v) is 8.71. The summed E-state index contributed by atoms with van der Waals surface area (Å²) in [6.07, 6.45) is -2.65. The lowest BCUT2D eigenvalue weighted by Gasteiger charge is -2.38. The molecule has 2 aliphatic heterocycles. The molecule has 1 saturated carbocycles. The van der Waals surface area contributed by atoms with Crippen molar-refractivity contribution in [2.24, 2.45) is 11.8 Å². The number of aromatic nitrogens is 3. The van der Waals surface area contributed by atoms with Gasteiger partial charge in [-0.3, -0.25) is 14.2 Å². The van der Waals surface area contributed by atoms with Crippen LogP contribution in [0.15, 0.2) is 29.2 Å². The Kier molecular flexibility index (Phi) is 5.26. The first-order chi connectivity index (χ1) is 15.7. The van der Waals surface area contributed by atoms with Crippen molar-refractivity contribution < 1.29 is 22.7 Å². The second-order valence-electron chi connectivity index (χ2n) is 8.71. The van der Waals surface area contributed by atoms with Gasteiger partial charge in [0.1, 0.15) is 17.7 Å². The Morgan fingerprint density at radius 2 is 2.15 bits per heavy atom. The predicted octanol–water partition coefficient (Wildman–Crippen LogP) is 1.69. The van der Waals surface area contributed by atoms with Gasteiger partial charge in [0.05, 0.1) is 19.3 Å². The lowest BCUT2D eigenvalue weighted by molar-refractivity contribution is -0.152. The largest absolute Gasteiger partial charge is 0.408 e. The van der Waals surface area contributed by atoms with Crippen LogP contribution in [0.25, 0.3) is 0 Å². The van der Waals surface area contributed by atoms with E-state index in [4.69, 9.17) is 10.5 Å². The van der Waals surface area contributed by atoms with E-state index in [-0.39, 0.29) is 42.2 Å². The van der Waals surface area contributed by atoms with Gasteiger partial charge < -0.3 is 20.7 Å². The topological polar surface area (TPSA) is 115 Å². The zero-order valence-corrected chi connectivity index (χ0v) is 17.6. The Morgan fingerprint density at radius 3 is 2.79 bits per heavy atom. The van der Waals surface area contributed by atoms with Gasteiger partial charge in [-0.2, -0.15) is 18.2 Å². The molecule has 9 nitrogen and oxygen atoms in total. The molecular formula is C21H23F3N6O3. The summed E-state index contributed by atoms with van der Waals surface area (Å²) in [7, 11) is 0. The molecule has 0 amide bonds. The number of nitrogens with two attached hydrogens (primary N) is 1. The van der Waals surface area contributed by atoms with Crippen LogP contribution in [-0.4, -0.2) is 58.3 Å². The van der Waals surface area contributed by atoms with Crippen molar-refractivity contribution in [2.45, 2.75) is 37.7 Å². The van der Waals surface area contributed by atoms with Crippen LogP contribution in [0.2, 0.25) is 0 Å². The Morgan fingerprint density at radius 1 is 1.33 bits per heavy atom. The van der Waals surface area contributed by atoms with Gasteiger partial charge in [0.25, 0.3) is 5.56 Å². The fraction of sp³-hybridized carbons (Fsp3) is 0.524. The van der Waals surface area contributed by atoms with E-state index in [0.29, 0.717) is 25.0 Å². The van der Waals surface area contributed by atoms with Gasteiger partial charge in [0.15, 0.2) is 5.78 Å². The number of fused-ring (bicyclic) bond motifs is 2. The SMILES string of the molecule is Nc1ccc(C(=O)CN2c3nc(NC[C@H]4OCC5CC54)cc(=O)n3CC[C@H]2C(F)(F)F)cn1. The maximum absolute atomic E-state index is 13.9. The van der Waals surface area contributed by atoms with Crippen molar-refractivity contribution in [2.75, 3.05) is 35.6 Å². The number of nitrogens with zero attached hydrogens (tertiary/aromatic N) is 4. The number of carbonyl (C=O) groups is 1. The normalized spacial score (nSPS) is 26.0. The van der Waals surface area contributed by atoms with E-state index in [9.17, 15) is 22.8 Å². The molecule has 5 rings (SSSR count). The molecular weight excluding hydrogens is 441 g/mol. The first-order valence-electron chi connectivity index (χ1n) is 10.8. The minimum absolute atomic E-state index is 0.00536. The highest BCUT2D eigenvalue weighted by molar-refractivity contribution is 5.99. The quantitative estimate of drug-likeness (QED) is 0.621. The van der Waals surface area contributed by atoms with Gasteiger partial charge in [-0.25, -0.2) is 4.98 Å². The third-order valence-electron chi connectivity index (χ3n) is 6.51. The van der Waals surface area contributed by atoms with Crippen molar-refractivity contribution in [3.8, 4) is 0 Å². The number of nitrogen functional groups attached to an aromatic ring is 1. The van der Waals surface area contributed by atoms with Crippen LogP contribution in [0.1, 0.15) is 23.2 Å². The fourth-order valence-electron chi connectivity index (χ4n) is 4.60. The summed E-state index contributed by atoms with van der Waals surface area (Å²) < 4.78 is 48.4. The Bertz CT molecular complexity index is 1120. The molecule has 2 unspecified atom stereocenters. The first kappa shape index (κ1) is 21.7. The average molecular weight is 464 g/mol. The summed E-state index contributed by atoms with van der Waals surface area (Å²) in [5.74, 6) is 0.636. The third kappa shape index (κ3) is 4.26. The molecule has 1 saturated heterocycles. The molecule has 4 atom stereocenters. The summed E-state index contributed by atoms with van der Waals surface area (Å²) in [6, 6.07) is 2.12. The molecule has 4 heterocycles. The van der Waals surface area contributed by atoms with Crippen LogP contribution in [-0.2, 0) is 11.3 Å². The lowest BCUT2D eigenvalue weighted by atomic mass is 10.1. The molecule has 0 bridgehead atoms. The fourth-order valence-corrected chi connectivity index (χ4v) is 4.60. The Labute approximate surface area is 186 Å². The maximum atomic E-state index is 13.9. The molecule has 2 fully saturated rings. The molecule has 33 heavy (non-hydrogen) atoms. The summed E-state index contributed by atoms with van der Waals surface area (Å²) in [5.41, 5.74) is 5.17. The number of ketones is 1. The van der Waals surface area contributed by atoms with E-state index in [1.165, 1.54) is 29.0 Å². The van der Waals surface area contributed by atoms with Crippen LogP contribution in [0.5, 0.6) is 0 Å². The van der Waals surface area contributed by atoms with Crippen molar-refractivity contribution >= 4 is 23.4 Å². The zero-order valence-electron chi connectivity index (χ0n) is 17.6. The van der Waals surface area contributed by atoms with Gasteiger partial charge in [-0.15, -0.1) is 0 Å². The standard InChI is InChI=1S/C21H23F3N6O3/c22-21(23,24)16-3-4-29-19(32)6-18(27-8-15-13-5-12(13)10-33-15)28-20(29)30(16)9-14(31)11-1-2-17(25)26-7-11/h1-2,6-7,12-13,15-16,27H,3-5,8-10H2,(H2,25,26)/t12?,13?,15-,16+/m1/s1. The number of nitrogens with one attached hydrogen (secondary N) is 1. The van der Waals surface area contributed by atoms with E-state index >= 15 is 0 Å². The predicted molar refractivity (Wildman–Crippen MR) is 113 cm³/mol. The second kappa shape index (κ2) is 8.01. The molecule has 12 heteroatoms.